The third kappa shape index (κ3) is 3.01. The molecule has 1 atom stereocenters. The molecule has 0 amide bonds. The number of piperidine rings is 1. The number of rotatable bonds is 5. The molecule has 1 N–H and O–H groups in total. The Bertz CT molecular complexity index is 655. The molecule has 2 aromatic rings. The molecule has 1 saturated heterocycles. The zero-order valence-electron chi connectivity index (χ0n) is 12.2. The second-order valence-electron chi connectivity index (χ2n) is 5.70. The first kappa shape index (κ1) is 14.7. The van der Waals surface area contributed by atoms with Crippen molar-refractivity contribution in [3.63, 3.8) is 0 Å². The Morgan fingerprint density at radius 1 is 1.14 bits per heavy atom. The number of aryl methyl sites for hydroxylation is 2. The van der Waals surface area contributed by atoms with Gasteiger partial charge in [0.25, 0.3) is 0 Å². The third-order valence-electron chi connectivity index (χ3n) is 4.35. The third-order valence-corrected chi connectivity index (χ3v) is 4.52. The van der Waals surface area contributed by atoms with Crippen LogP contribution in [0.15, 0.2) is 29.1 Å². The Balaban J connectivity index is 1.87. The number of nitrogens with one attached hydrogen (secondary N) is 1. The highest BCUT2D eigenvalue weighted by molar-refractivity contribution is 6.17. The molecule has 21 heavy (non-hydrogen) atoms. The Hall–Kier alpha value is -1.26. The minimum absolute atomic E-state index is 0.0626. The summed E-state index contributed by atoms with van der Waals surface area (Å²) in [5.41, 5.74) is 2.07. The normalized spacial score (nSPS) is 19.2. The molecule has 1 unspecified atom stereocenters. The standard InChI is InChI=1S/C16H22ClN3O/c17-9-12-20-15-7-2-1-6-14(15)19(16(20)21)11-8-13-5-3-4-10-18-13/h1-2,6-7,13,18H,3-5,8-12H2. The fourth-order valence-corrected chi connectivity index (χ4v) is 3.41. The SMILES string of the molecule is O=c1n(CCCl)c2ccccc2n1CCC1CCCCN1. The lowest BCUT2D eigenvalue weighted by molar-refractivity contribution is 0.366. The number of aromatic nitrogens is 2. The van der Waals surface area contributed by atoms with Gasteiger partial charge in [-0.05, 0) is 37.9 Å². The maximum Gasteiger partial charge on any atom is 0.329 e. The lowest BCUT2D eigenvalue weighted by atomic mass is 10.0. The van der Waals surface area contributed by atoms with Gasteiger partial charge in [-0.1, -0.05) is 18.6 Å². The van der Waals surface area contributed by atoms with Gasteiger partial charge in [-0.25, -0.2) is 4.79 Å². The van der Waals surface area contributed by atoms with E-state index in [-0.39, 0.29) is 5.69 Å². The minimum atomic E-state index is 0.0626. The lowest BCUT2D eigenvalue weighted by Crippen LogP contribution is -2.35. The van der Waals surface area contributed by atoms with Gasteiger partial charge in [0, 0.05) is 25.0 Å². The maximum absolute atomic E-state index is 12.6. The number of imidazole rings is 1. The van der Waals surface area contributed by atoms with E-state index in [2.05, 4.69) is 5.32 Å². The first-order valence-electron chi connectivity index (χ1n) is 7.78. The molecule has 1 aromatic carbocycles. The van der Waals surface area contributed by atoms with E-state index in [9.17, 15) is 4.79 Å². The van der Waals surface area contributed by atoms with Crippen LogP contribution in [0.4, 0.5) is 0 Å². The quantitative estimate of drug-likeness (QED) is 0.862. The summed E-state index contributed by atoms with van der Waals surface area (Å²) in [4.78, 5) is 12.6. The smallest absolute Gasteiger partial charge is 0.314 e. The highest BCUT2D eigenvalue weighted by Gasteiger charge is 2.16. The number of benzene rings is 1. The summed E-state index contributed by atoms with van der Waals surface area (Å²) in [5.74, 6) is 0.456. The fraction of sp³-hybridized carbons (Fsp3) is 0.562. The van der Waals surface area contributed by atoms with Crippen molar-refractivity contribution in [2.45, 2.75) is 44.8 Å². The van der Waals surface area contributed by atoms with Crippen LogP contribution in [-0.4, -0.2) is 27.6 Å². The van der Waals surface area contributed by atoms with Crippen LogP contribution < -0.4 is 11.0 Å². The van der Waals surface area contributed by atoms with Crippen LogP contribution in [0, 0.1) is 0 Å². The topological polar surface area (TPSA) is 39.0 Å². The summed E-state index contributed by atoms with van der Waals surface area (Å²) in [7, 11) is 0. The molecule has 2 heterocycles. The Morgan fingerprint density at radius 3 is 2.48 bits per heavy atom. The van der Waals surface area contributed by atoms with E-state index in [1.54, 1.807) is 4.57 Å². The molecule has 1 aliphatic rings. The van der Waals surface area contributed by atoms with Gasteiger partial charge in [0.05, 0.1) is 11.0 Å². The summed E-state index contributed by atoms with van der Waals surface area (Å²) in [5, 5.41) is 3.55. The Labute approximate surface area is 129 Å². The Morgan fingerprint density at radius 2 is 1.86 bits per heavy atom. The zero-order valence-corrected chi connectivity index (χ0v) is 13.0. The van der Waals surface area contributed by atoms with Gasteiger partial charge < -0.3 is 5.32 Å². The molecular weight excluding hydrogens is 286 g/mol. The number of hydrogen-bond acceptors (Lipinski definition) is 2. The molecule has 0 radical (unpaired) electrons. The minimum Gasteiger partial charge on any atom is -0.314 e. The summed E-state index contributed by atoms with van der Waals surface area (Å²) >= 11 is 5.84. The van der Waals surface area contributed by atoms with E-state index in [0.717, 1.165) is 30.5 Å². The number of hydrogen-bond donors (Lipinski definition) is 1. The monoisotopic (exact) mass is 307 g/mol. The summed E-state index contributed by atoms with van der Waals surface area (Å²) in [6.07, 6.45) is 4.79. The van der Waals surface area contributed by atoms with Gasteiger partial charge >= 0.3 is 5.69 Å². The average Bonchev–Trinajstić information content (AvgIpc) is 2.79. The van der Waals surface area contributed by atoms with Gasteiger partial charge in [0.2, 0.25) is 0 Å². The number of alkyl halides is 1. The van der Waals surface area contributed by atoms with E-state index in [4.69, 9.17) is 11.6 Å². The maximum atomic E-state index is 12.6. The number of halogens is 1. The molecule has 1 aliphatic heterocycles. The lowest BCUT2D eigenvalue weighted by Gasteiger charge is -2.23. The first-order valence-corrected chi connectivity index (χ1v) is 8.32. The van der Waals surface area contributed by atoms with E-state index >= 15 is 0 Å². The van der Waals surface area contributed by atoms with Crippen molar-refractivity contribution in [1.29, 1.82) is 0 Å². The summed E-state index contributed by atoms with van der Waals surface area (Å²) in [6, 6.07) is 8.52. The van der Waals surface area contributed by atoms with Gasteiger partial charge in [-0.2, -0.15) is 0 Å². The number of fused-ring (bicyclic) bond motifs is 1. The molecule has 0 spiro atoms. The second-order valence-corrected chi connectivity index (χ2v) is 6.08. The van der Waals surface area contributed by atoms with Gasteiger partial charge in [0.1, 0.15) is 0 Å². The van der Waals surface area contributed by atoms with Crippen LogP contribution in [0.1, 0.15) is 25.7 Å². The van der Waals surface area contributed by atoms with Crippen LogP contribution in [0.3, 0.4) is 0 Å². The first-order chi connectivity index (χ1) is 10.3. The van der Waals surface area contributed by atoms with E-state index in [0.29, 0.717) is 18.5 Å². The zero-order chi connectivity index (χ0) is 14.7. The number of para-hydroxylation sites is 2. The predicted octanol–water partition coefficient (Wildman–Crippen LogP) is 2.57. The molecule has 0 saturated carbocycles. The molecule has 0 aliphatic carbocycles. The van der Waals surface area contributed by atoms with Crippen molar-refractivity contribution < 1.29 is 0 Å². The average molecular weight is 308 g/mol. The van der Waals surface area contributed by atoms with E-state index in [1.165, 1.54) is 19.3 Å². The van der Waals surface area contributed by atoms with Gasteiger partial charge in [-0.3, -0.25) is 9.13 Å². The predicted molar refractivity (Wildman–Crippen MR) is 87.2 cm³/mol. The van der Waals surface area contributed by atoms with E-state index in [1.807, 2.05) is 28.8 Å². The van der Waals surface area contributed by atoms with Gasteiger partial charge in [-0.15, -0.1) is 11.6 Å². The molecular formula is C16H22ClN3O. The molecule has 0 bridgehead atoms. The molecule has 3 rings (SSSR count). The molecule has 1 fully saturated rings. The fourth-order valence-electron chi connectivity index (χ4n) is 3.24. The highest BCUT2D eigenvalue weighted by Crippen LogP contribution is 2.15. The van der Waals surface area contributed by atoms with Gasteiger partial charge in [0.15, 0.2) is 0 Å². The summed E-state index contributed by atoms with van der Waals surface area (Å²) in [6.45, 7) is 2.44. The van der Waals surface area contributed by atoms with Crippen molar-refractivity contribution in [2.24, 2.45) is 0 Å². The number of nitrogens with zero attached hydrogens (tertiary/aromatic N) is 2. The Kier molecular flexibility index (Phi) is 4.66. The van der Waals surface area contributed by atoms with Crippen LogP contribution in [0.5, 0.6) is 0 Å². The largest absolute Gasteiger partial charge is 0.329 e. The van der Waals surface area contributed by atoms with E-state index < -0.39 is 0 Å². The van der Waals surface area contributed by atoms with Crippen molar-refractivity contribution in [1.82, 2.24) is 14.5 Å². The van der Waals surface area contributed by atoms with Crippen molar-refractivity contribution in [3.8, 4) is 0 Å². The molecule has 114 valence electrons. The van der Waals surface area contributed by atoms with Crippen molar-refractivity contribution >= 4 is 22.6 Å². The van der Waals surface area contributed by atoms with Crippen LogP contribution in [0.25, 0.3) is 11.0 Å². The molecule has 1 aromatic heterocycles. The van der Waals surface area contributed by atoms with Crippen LogP contribution in [-0.2, 0) is 13.1 Å². The van der Waals surface area contributed by atoms with Crippen molar-refractivity contribution in [2.75, 3.05) is 12.4 Å². The molecule has 4 nitrogen and oxygen atoms in total. The summed E-state index contributed by atoms with van der Waals surface area (Å²) < 4.78 is 3.69. The van der Waals surface area contributed by atoms with Crippen LogP contribution in [0.2, 0.25) is 0 Å². The highest BCUT2D eigenvalue weighted by atomic mass is 35.5. The second kappa shape index (κ2) is 6.67. The van der Waals surface area contributed by atoms with Crippen LogP contribution >= 0.6 is 11.6 Å². The molecule has 5 heteroatoms. The van der Waals surface area contributed by atoms with Crippen molar-refractivity contribution in [3.05, 3.63) is 34.7 Å².